The molecule has 0 spiro atoms. The molecule has 2 aromatic rings. The molecule has 1 aliphatic rings. The van der Waals surface area contributed by atoms with Crippen LogP contribution in [0.25, 0.3) is 0 Å². The van der Waals surface area contributed by atoms with Crippen LogP contribution in [0.1, 0.15) is 83.3 Å². The van der Waals surface area contributed by atoms with Gasteiger partial charge in [0.1, 0.15) is 15.7 Å². The molecular formula is C24H30B2. The van der Waals surface area contributed by atoms with Crippen LogP contribution < -0.4 is 10.9 Å². The zero-order valence-corrected chi connectivity index (χ0v) is 17.4. The van der Waals surface area contributed by atoms with Gasteiger partial charge in [0.15, 0.2) is 0 Å². The minimum absolute atomic E-state index is 0.939. The van der Waals surface area contributed by atoms with Gasteiger partial charge in [0.2, 0.25) is 0 Å². The molecule has 0 unspecified atom stereocenters. The Bertz CT molecular complexity index is 803. The van der Waals surface area contributed by atoms with E-state index in [1.165, 1.54) is 11.1 Å². The number of hydrogen-bond donors (Lipinski definition) is 0. The average Bonchev–Trinajstić information content (AvgIpc) is 2.67. The quantitative estimate of drug-likeness (QED) is 0.637. The SMILES string of the molecule is [B]c1c(C)c(C)c([B])c2c1Cc1c(CC)c(CC)c(CC)c(CC)c1C2. The zero-order valence-electron chi connectivity index (χ0n) is 17.4. The van der Waals surface area contributed by atoms with Crippen LogP contribution in [0.3, 0.4) is 0 Å². The second-order valence-corrected chi connectivity index (χ2v) is 7.67. The lowest BCUT2D eigenvalue weighted by atomic mass is 9.67. The summed E-state index contributed by atoms with van der Waals surface area (Å²) in [4.78, 5) is 0. The van der Waals surface area contributed by atoms with Gasteiger partial charge in [-0.3, -0.25) is 0 Å². The normalized spacial score (nSPS) is 12.8. The Morgan fingerprint density at radius 1 is 0.538 bits per heavy atom. The van der Waals surface area contributed by atoms with Crippen molar-refractivity contribution in [2.75, 3.05) is 0 Å². The van der Waals surface area contributed by atoms with E-state index < -0.39 is 0 Å². The van der Waals surface area contributed by atoms with E-state index in [0.29, 0.717) is 0 Å². The molecule has 2 heteroatoms. The summed E-state index contributed by atoms with van der Waals surface area (Å²) in [5, 5.41) is 0. The molecule has 0 aliphatic heterocycles. The monoisotopic (exact) mass is 340 g/mol. The van der Waals surface area contributed by atoms with Crippen molar-refractivity contribution >= 4 is 26.6 Å². The summed E-state index contributed by atoms with van der Waals surface area (Å²) in [6.07, 6.45) is 6.30. The summed E-state index contributed by atoms with van der Waals surface area (Å²) in [5.41, 5.74) is 16.2. The Balaban J connectivity index is 2.36. The summed E-state index contributed by atoms with van der Waals surface area (Å²) in [5.74, 6) is 0. The van der Waals surface area contributed by atoms with Gasteiger partial charge in [-0.25, -0.2) is 0 Å². The molecule has 2 aromatic carbocycles. The molecular weight excluding hydrogens is 310 g/mol. The average molecular weight is 340 g/mol. The predicted molar refractivity (Wildman–Crippen MR) is 116 cm³/mol. The Labute approximate surface area is 162 Å². The van der Waals surface area contributed by atoms with Crippen LogP contribution >= 0.6 is 0 Å². The van der Waals surface area contributed by atoms with Crippen LogP contribution in [0, 0.1) is 13.8 Å². The highest BCUT2D eigenvalue weighted by Crippen LogP contribution is 2.37. The van der Waals surface area contributed by atoms with Gasteiger partial charge in [0, 0.05) is 0 Å². The third-order valence-electron chi connectivity index (χ3n) is 6.69. The van der Waals surface area contributed by atoms with Crippen LogP contribution in [0.15, 0.2) is 0 Å². The van der Waals surface area contributed by atoms with Crippen molar-refractivity contribution in [2.45, 2.75) is 80.1 Å². The molecule has 0 saturated carbocycles. The maximum absolute atomic E-state index is 6.56. The van der Waals surface area contributed by atoms with E-state index in [-0.39, 0.29) is 0 Å². The van der Waals surface area contributed by atoms with Crippen LogP contribution in [0.4, 0.5) is 0 Å². The first kappa shape index (κ1) is 19.3. The van der Waals surface area contributed by atoms with Gasteiger partial charge >= 0.3 is 0 Å². The van der Waals surface area contributed by atoms with Gasteiger partial charge in [0.05, 0.1) is 0 Å². The first-order valence-electron chi connectivity index (χ1n) is 10.2. The van der Waals surface area contributed by atoms with Crippen LogP contribution in [0.5, 0.6) is 0 Å². The molecule has 0 atom stereocenters. The third-order valence-corrected chi connectivity index (χ3v) is 6.69. The topological polar surface area (TPSA) is 0 Å². The van der Waals surface area contributed by atoms with E-state index in [1.807, 2.05) is 0 Å². The fourth-order valence-electron chi connectivity index (χ4n) is 5.17. The van der Waals surface area contributed by atoms with Crippen molar-refractivity contribution in [3.63, 3.8) is 0 Å². The molecule has 0 bridgehead atoms. The van der Waals surface area contributed by atoms with Crippen LogP contribution in [-0.2, 0) is 38.5 Å². The smallest absolute Gasteiger partial charge is 0.0898 e. The van der Waals surface area contributed by atoms with E-state index >= 15 is 0 Å². The second kappa shape index (κ2) is 7.29. The molecule has 0 heterocycles. The number of fused-ring (bicyclic) bond motifs is 2. The van der Waals surface area contributed by atoms with Gasteiger partial charge in [0.25, 0.3) is 0 Å². The standard InChI is InChI=1S/C24H30B2/c1-7-15-16(8-2)18(10-4)20-12-22-21(11-19(20)17(15)9-3)23(25)13(5)14(6)24(22)26/h7-12H2,1-6H3. The van der Waals surface area contributed by atoms with E-state index in [0.717, 1.165) is 60.6 Å². The molecule has 0 saturated heterocycles. The van der Waals surface area contributed by atoms with E-state index in [1.54, 1.807) is 33.4 Å². The Morgan fingerprint density at radius 3 is 1.12 bits per heavy atom. The van der Waals surface area contributed by atoms with Gasteiger partial charge in [-0.05, 0) is 96.9 Å². The van der Waals surface area contributed by atoms with Crippen molar-refractivity contribution in [3.8, 4) is 0 Å². The van der Waals surface area contributed by atoms with Gasteiger partial charge < -0.3 is 0 Å². The van der Waals surface area contributed by atoms with Gasteiger partial charge in [-0.2, -0.15) is 0 Å². The summed E-state index contributed by atoms with van der Waals surface area (Å²) < 4.78 is 0. The fourth-order valence-corrected chi connectivity index (χ4v) is 5.17. The fraction of sp³-hybridized carbons (Fsp3) is 0.500. The minimum atomic E-state index is 0.939. The van der Waals surface area contributed by atoms with Crippen LogP contribution in [0.2, 0.25) is 0 Å². The van der Waals surface area contributed by atoms with Gasteiger partial charge in [-0.1, -0.05) is 49.7 Å². The Hall–Kier alpha value is -1.43. The maximum Gasteiger partial charge on any atom is 0.114 e. The van der Waals surface area contributed by atoms with Crippen molar-refractivity contribution in [3.05, 3.63) is 55.6 Å². The molecule has 0 N–H and O–H groups in total. The van der Waals surface area contributed by atoms with Crippen molar-refractivity contribution in [2.24, 2.45) is 0 Å². The summed E-state index contributed by atoms with van der Waals surface area (Å²) >= 11 is 0. The highest BCUT2D eigenvalue weighted by molar-refractivity contribution is 6.39. The number of hydrogen-bond acceptors (Lipinski definition) is 0. The summed E-state index contributed by atoms with van der Waals surface area (Å²) in [6, 6.07) is 0. The predicted octanol–water partition coefficient (Wildman–Crippen LogP) is 3.64. The molecule has 0 fully saturated rings. The van der Waals surface area contributed by atoms with Gasteiger partial charge in [-0.15, -0.1) is 0 Å². The molecule has 4 radical (unpaired) electrons. The largest absolute Gasteiger partial charge is 0.114 e. The minimum Gasteiger partial charge on any atom is -0.0898 e. The molecule has 3 rings (SSSR count). The molecule has 0 aromatic heterocycles. The first-order chi connectivity index (χ1) is 12.4. The third kappa shape index (κ3) is 2.68. The molecule has 132 valence electrons. The zero-order chi connectivity index (χ0) is 19.2. The lowest BCUT2D eigenvalue weighted by molar-refractivity contribution is 0.871. The molecule has 26 heavy (non-hydrogen) atoms. The highest BCUT2D eigenvalue weighted by atomic mass is 14.3. The lowest BCUT2D eigenvalue weighted by Gasteiger charge is -2.33. The molecule has 0 nitrogen and oxygen atoms in total. The van der Waals surface area contributed by atoms with E-state index in [9.17, 15) is 0 Å². The second-order valence-electron chi connectivity index (χ2n) is 7.67. The maximum atomic E-state index is 6.56. The summed E-state index contributed by atoms with van der Waals surface area (Å²) in [7, 11) is 13.1. The van der Waals surface area contributed by atoms with E-state index in [2.05, 4.69) is 41.5 Å². The van der Waals surface area contributed by atoms with Crippen molar-refractivity contribution < 1.29 is 0 Å². The lowest BCUT2D eigenvalue weighted by Crippen LogP contribution is -2.32. The Kier molecular flexibility index (Phi) is 5.42. The highest BCUT2D eigenvalue weighted by Gasteiger charge is 2.27. The van der Waals surface area contributed by atoms with Crippen LogP contribution in [-0.4, -0.2) is 15.7 Å². The summed E-state index contributed by atoms with van der Waals surface area (Å²) in [6.45, 7) is 13.4. The van der Waals surface area contributed by atoms with E-state index in [4.69, 9.17) is 15.7 Å². The van der Waals surface area contributed by atoms with Crippen molar-refractivity contribution in [1.82, 2.24) is 0 Å². The first-order valence-corrected chi connectivity index (χ1v) is 10.2. The van der Waals surface area contributed by atoms with Crippen molar-refractivity contribution in [1.29, 1.82) is 0 Å². The molecule has 1 aliphatic carbocycles. The number of rotatable bonds is 4. The Morgan fingerprint density at radius 2 is 0.846 bits per heavy atom. The number of benzene rings is 2. The molecule has 0 amide bonds.